The average Bonchev–Trinajstić information content (AvgIpc) is 3.10. The Morgan fingerprint density at radius 2 is 2.24 bits per heavy atom. The lowest BCUT2D eigenvalue weighted by Gasteiger charge is -2.04. The van der Waals surface area contributed by atoms with Crippen molar-refractivity contribution in [2.24, 2.45) is 0 Å². The Balaban J connectivity index is 1.50. The minimum absolute atomic E-state index is 0.151. The standard InChI is InChI=1S/C12H14N8O/c13-12-18-8(21-19-12)3-4-14-10-9-11(16-5-15-10)20(6-17-9)7-1-2-7/h5-7H,1-4H2,(H2,13,19)(H,14,15,16). The van der Waals surface area contributed by atoms with Gasteiger partial charge in [-0.2, -0.15) is 4.98 Å². The number of hydrogen-bond donors (Lipinski definition) is 2. The minimum Gasteiger partial charge on any atom is -0.368 e. The van der Waals surface area contributed by atoms with Gasteiger partial charge >= 0.3 is 0 Å². The third kappa shape index (κ3) is 2.26. The van der Waals surface area contributed by atoms with Crippen LogP contribution in [0.25, 0.3) is 11.2 Å². The van der Waals surface area contributed by atoms with Crippen LogP contribution in [0.15, 0.2) is 17.2 Å². The SMILES string of the molecule is Nc1noc(CCNc2ncnc3c2ncn3C2CC2)n1. The predicted octanol–water partition coefficient (Wildman–Crippen LogP) is 0.781. The zero-order chi connectivity index (χ0) is 14.2. The van der Waals surface area contributed by atoms with Gasteiger partial charge in [0.05, 0.1) is 6.33 Å². The summed E-state index contributed by atoms with van der Waals surface area (Å²) in [6, 6.07) is 0.541. The monoisotopic (exact) mass is 286 g/mol. The topological polar surface area (TPSA) is 121 Å². The fourth-order valence-electron chi connectivity index (χ4n) is 2.26. The highest BCUT2D eigenvalue weighted by molar-refractivity contribution is 5.82. The smallest absolute Gasteiger partial charge is 0.260 e. The van der Waals surface area contributed by atoms with E-state index >= 15 is 0 Å². The molecule has 0 saturated heterocycles. The molecule has 3 N–H and O–H groups in total. The van der Waals surface area contributed by atoms with Gasteiger partial charge in [0.1, 0.15) is 11.8 Å². The number of aromatic nitrogens is 6. The third-order valence-corrected chi connectivity index (χ3v) is 3.41. The van der Waals surface area contributed by atoms with Crippen molar-refractivity contribution in [1.29, 1.82) is 0 Å². The summed E-state index contributed by atoms with van der Waals surface area (Å²) in [5.41, 5.74) is 7.06. The molecule has 0 unspecified atom stereocenters. The van der Waals surface area contributed by atoms with Gasteiger partial charge < -0.3 is 20.1 Å². The summed E-state index contributed by atoms with van der Waals surface area (Å²) in [7, 11) is 0. The highest BCUT2D eigenvalue weighted by Crippen LogP contribution is 2.37. The Kier molecular flexibility index (Phi) is 2.69. The van der Waals surface area contributed by atoms with Crippen LogP contribution in [-0.2, 0) is 6.42 Å². The van der Waals surface area contributed by atoms with Gasteiger partial charge in [0.2, 0.25) is 5.89 Å². The number of anilines is 2. The molecule has 4 rings (SSSR count). The van der Waals surface area contributed by atoms with Gasteiger partial charge in [-0.25, -0.2) is 15.0 Å². The van der Waals surface area contributed by atoms with Crippen molar-refractivity contribution in [3.63, 3.8) is 0 Å². The van der Waals surface area contributed by atoms with Crippen molar-refractivity contribution in [1.82, 2.24) is 29.7 Å². The number of rotatable bonds is 5. The molecule has 3 heterocycles. The molecule has 0 radical (unpaired) electrons. The first-order valence-corrected chi connectivity index (χ1v) is 6.81. The Labute approximate surface area is 119 Å². The van der Waals surface area contributed by atoms with Gasteiger partial charge in [0, 0.05) is 19.0 Å². The third-order valence-electron chi connectivity index (χ3n) is 3.41. The van der Waals surface area contributed by atoms with Gasteiger partial charge in [0.15, 0.2) is 11.5 Å². The number of fused-ring (bicyclic) bond motifs is 1. The quantitative estimate of drug-likeness (QED) is 0.705. The molecule has 3 aromatic heterocycles. The number of nitrogen functional groups attached to an aromatic ring is 1. The molecule has 1 aliphatic carbocycles. The highest BCUT2D eigenvalue weighted by atomic mass is 16.5. The normalized spacial score (nSPS) is 14.7. The van der Waals surface area contributed by atoms with E-state index in [0.717, 1.165) is 11.2 Å². The van der Waals surface area contributed by atoms with Crippen LogP contribution in [0, 0.1) is 0 Å². The summed E-state index contributed by atoms with van der Waals surface area (Å²) in [4.78, 5) is 16.9. The lowest BCUT2D eigenvalue weighted by molar-refractivity contribution is 0.381. The Morgan fingerprint density at radius 1 is 1.33 bits per heavy atom. The van der Waals surface area contributed by atoms with Crippen molar-refractivity contribution in [3.8, 4) is 0 Å². The molecule has 0 amide bonds. The van der Waals surface area contributed by atoms with E-state index in [9.17, 15) is 0 Å². The van der Waals surface area contributed by atoms with Gasteiger partial charge in [-0.05, 0) is 18.0 Å². The van der Waals surface area contributed by atoms with Crippen LogP contribution >= 0.6 is 0 Å². The van der Waals surface area contributed by atoms with Gasteiger partial charge in [-0.15, -0.1) is 0 Å². The summed E-state index contributed by atoms with van der Waals surface area (Å²) in [5, 5.41) is 6.77. The summed E-state index contributed by atoms with van der Waals surface area (Å²) < 4.78 is 7.07. The maximum atomic E-state index is 5.40. The zero-order valence-corrected chi connectivity index (χ0v) is 11.2. The molecule has 9 heteroatoms. The molecule has 108 valence electrons. The largest absolute Gasteiger partial charge is 0.368 e. The second-order valence-electron chi connectivity index (χ2n) is 5.00. The van der Waals surface area contributed by atoms with Crippen molar-refractivity contribution in [3.05, 3.63) is 18.5 Å². The molecule has 0 spiro atoms. The first kappa shape index (κ1) is 12.1. The van der Waals surface area contributed by atoms with E-state index in [1.807, 2.05) is 6.33 Å². The Bertz CT molecular complexity index is 775. The van der Waals surface area contributed by atoms with Crippen LogP contribution in [0.5, 0.6) is 0 Å². The predicted molar refractivity (Wildman–Crippen MR) is 74.5 cm³/mol. The van der Waals surface area contributed by atoms with Crippen molar-refractivity contribution >= 4 is 22.9 Å². The molecular weight excluding hydrogens is 272 g/mol. The molecule has 0 aliphatic heterocycles. The lowest BCUT2D eigenvalue weighted by atomic mass is 10.4. The fraction of sp³-hybridized carbons (Fsp3) is 0.417. The number of hydrogen-bond acceptors (Lipinski definition) is 8. The Hall–Kier alpha value is -2.71. The molecular formula is C12H14N8O. The number of nitrogens with two attached hydrogens (primary N) is 1. The maximum absolute atomic E-state index is 5.40. The number of nitrogens with zero attached hydrogens (tertiary/aromatic N) is 6. The highest BCUT2D eigenvalue weighted by Gasteiger charge is 2.26. The number of nitrogens with one attached hydrogen (secondary N) is 1. The summed E-state index contributed by atoms with van der Waals surface area (Å²) >= 11 is 0. The van der Waals surface area contributed by atoms with Crippen LogP contribution in [0.3, 0.4) is 0 Å². The summed E-state index contributed by atoms with van der Waals surface area (Å²) in [5.74, 6) is 1.36. The number of imidazole rings is 1. The average molecular weight is 286 g/mol. The Morgan fingerprint density at radius 3 is 3.00 bits per heavy atom. The maximum Gasteiger partial charge on any atom is 0.260 e. The van der Waals surface area contributed by atoms with Gasteiger partial charge in [-0.1, -0.05) is 0 Å². The molecule has 0 bridgehead atoms. The van der Waals surface area contributed by atoms with Gasteiger partial charge in [-0.3, -0.25) is 0 Å². The molecule has 0 atom stereocenters. The zero-order valence-electron chi connectivity index (χ0n) is 11.2. The first-order chi connectivity index (χ1) is 10.3. The molecule has 0 aromatic carbocycles. The molecule has 21 heavy (non-hydrogen) atoms. The van der Waals surface area contributed by atoms with E-state index in [-0.39, 0.29) is 5.95 Å². The van der Waals surface area contributed by atoms with Crippen molar-refractivity contribution in [2.75, 3.05) is 17.6 Å². The van der Waals surface area contributed by atoms with Crippen LogP contribution in [0.1, 0.15) is 24.8 Å². The summed E-state index contributed by atoms with van der Waals surface area (Å²) in [6.45, 7) is 0.601. The lowest BCUT2D eigenvalue weighted by Crippen LogP contribution is -2.07. The van der Waals surface area contributed by atoms with Crippen molar-refractivity contribution in [2.45, 2.75) is 25.3 Å². The van der Waals surface area contributed by atoms with E-state index in [4.69, 9.17) is 10.3 Å². The van der Waals surface area contributed by atoms with Crippen LogP contribution in [0.2, 0.25) is 0 Å². The molecule has 9 nitrogen and oxygen atoms in total. The van der Waals surface area contributed by atoms with E-state index in [1.165, 1.54) is 12.8 Å². The fourth-order valence-corrected chi connectivity index (χ4v) is 2.26. The minimum atomic E-state index is 0.151. The molecule has 1 fully saturated rings. The van der Waals surface area contributed by atoms with E-state index in [0.29, 0.717) is 30.7 Å². The van der Waals surface area contributed by atoms with E-state index in [1.54, 1.807) is 6.33 Å². The van der Waals surface area contributed by atoms with Crippen LogP contribution in [-0.4, -0.2) is 36.2 Å². The molecule has 1 aliphatic rings. The van der Waals surface area contributed by atoms with Crippen LogP contribution in [0.4, 0.5) is 11.8 Å². The molecule has 1 saturated carbocycles. The molecule has 3 aromatic rings. The first-order valence-electron chi connectivity index (χ1n) is 6.81. The summed E-state index contributed by atoms with van der Waals surface area (Å²) in [6.07, 6.45) is 6.34. The van der Waals surface area contributed by atoms with E-state index in [2.05, 4.69) is 35.0 Å². The van der Waals surface area contributed by atoms with Crippen LogP contribution < -0.4 is 11.1 Å². The van der Waals surface area contributed by atoms with Gasteiger partial charge in [0.25, 0.3) is 5.95 Å². The second kappa shape index (κ2) is 4.69. The second-order valence-corrected chi connectivity index (χ2v) is 5.00. The van der Waals surface area contributed by atoms with Crippen molar-refractivity contribution < 1.29 is 4.52 Å². The van der Waals surface area contributed by atoms with E-state index < -0.39 is 0 Å².